The van der Waals surface area contributed by atoms with E-state index in [2.05, 4.69) is 26.0 Å². The van der Waals surface area contributed by atoms with Gasteiger partial charge in [-0.1, -0.05) is 22.0 Å². The van der Waals surface area contributed by atoms with Crippen LogP contribution in [0.25, 0.3) is 0 Å². The van der Waals surface area contributed by atoms with Crippen LogP contribution in [0.3, 0.4) is 0 Å². The number of amides is 1. The number of ether oxygens (including phenoxy) is 1. The number of hydrogen-bond donors (Lipinski definition) is 2. The number of hydrogen-bond acceptors (Lipinski definition) is 4. The number of methoxy groups -OCH3 is 1. The molecule has 0 fully saturated rings. The highest BCUT2D eigenvalue weighted by molar-refractivity contribution is 9.10. The van der Waals surface area contributed by atoms with Crippen LogP contribution in [-0.4, -0.2) is 21.4 Å². The topological polar surface area (TPSA) is 84.5 Å². The van der Waals surface area contributed by atoms with E-state index in [4.69, 9.17) is 4.74 Å². The fraction of sp³-hybridized carbons (Fsp3) is 0.136. The third kappa shape index (κ3) is 5.01. The maximum absolute atomic E-state index is 12.8. The SMILES string of the molecule is COc1ccc(S(=O)(=O)Nc2ccc(Br)cc2)cc1NC(=O)c1ccc(C)c(C)c1. The van der Waals surface area contributed by atoms with Crippen molar-refractivity contribution in [2.45, 2.75) is 18.7 Å². The van der Waals surface area contributed by atoms with Crippen molar-refractivity contribution >= 4 is 43.2 Å². The zero-order valence-corrected chi connectivity index (χ0v) is 19.1. The summed E-state index contributed by atoms with van der Waals surface area (Å²) in [7, 11) is -2.40. The van der Waals surface area contributed by atoms with Gasteiger partial charge in [-0.15, -0.1) is 0 Å². The van der Waals surface area contributed by atoms with Gasteiger partial charge in [0.1, 0.15) is 5.75 Å². The molecule has 0 aliphatic carbocycles. The van der Waals surface area contributed by atoms with Crippen LogP contribution >= 0.6 is 15.9 Å². The van der Waals surface area contributed by atoms with Crippen molar-refractivity contribution in [3.8, 4) is 5.75 Å². The second-order valence-electron chi connectivity index (χ2n) is 6.73. The van der Waals surface area contributed by atoms with Gasteiger partial charge in [-0.2, -0.15) is 0 Å². The molecule has 0 aliphatic rings. The van der Waals surface area contributed by atoms with Crippen LogP contribution in [-0.2, 0) is 10.0 Å². The Morgan fingerprint density at radius 2 is 1.63 bits per heavy atom. The Morgan fingerprint density at radius 1 is 0.933 bits per heavy atom. The Morgan fingerprint density at radius 3 is 2.27 bits per heavy atom. The molecule has 0 aromatic heterocycles. The Kier molecular flexibility index (Phi) is 6.48. The highest BCUT2D eigenvalue weighted by Gasteiger charge is 2.18. The van der Waals surface area contributed by atoms with Gasteiger partial charge < -0.3 is 10.1 Å². The average molecular weight is 489 g/mol. The predicted octanol–water partition coefficient (Wildman–Crippen LogP) is 5.13. The summed E-state index contributed by atoms with van der Waals surface area (Å²) in [5, 5.41) is 2.75. The first kappa shape index (κ1) is 21.9. The van der Waals surface area contributed by atoms with Crippen molar-refractivity contribution in [1.29, 1.82) is 0 Å². The Balaban J connectivity index is 1.89. The zero-order chi connectivity index (χ0) is 21.9. The molecular weight excluding hydrogens is 468 g/mol. The molecule has 2 N–H and O–H groups in total. The smallest absolute Gasteiger partial charge is 0.261 e. The van der Waals surface area contributed by atoms with Crippen LogP contribution in [0.2, 0.25) is 0 Å². The van der Waals surface area contributed by atoms with Gasteiger partial charge in [-0.25, -0.2) is 8.42 Å². The third-order valence-corrected chi connectivity index (χ3v) is 6.50. The Hall–Kier alpha value is -2.84. The number of anilines is 2. The molecule has 156 valence electrons. The quantitative estimate of drug-likeness (QED) is 0.503. The number of nitrogens with one attached hydrogen (secondary N) is 2. The van der Waals surface area contributed by atoms with Crippen LogP contribution in [0.15, 0.2) is 70.0 Å². The maximum Gasteiger partial charge on any atom is 0.261 e. The normalized spacial score (nSPS) is 11.1. The second-order valence-corrected chi connectivity index (χ2v) is 9.33. The lowest BCUT2D eigenvalue weighted by molar-refractivity contribution is 0.102. The van der Waals surface area contributed by atoms with E-state index < -0.39 is 10.0 Å². The van der Waals surface area contributed by atoms with Gasteiger partial charge in [0.25, 0.3) is 15.9 Å². The van der Waals surface area contributed by atoms with E-state index in [0.717, 1.165) is 15.6 Å². The second kappa shape index (κ2) is 8.89. The fourth-order valence-corrected chi connectivity index (χ4v) is 4.11. The van der Waals surface area contributed by atoms with E-state index in [1.54, 1.807) is 36.4 Å². The van der Waals surface area contributed by atoms with E-state index in [1.807, 2.05) is 19.9 Å². The van der Waals surface area contributed by atoms with Crippen molar-refractivity contribution < 1.29 is 17.9 Å². The summed E-state index contributed by atoms with van der Waals surface area (Å²) in [4.78, 5) is 12.7. The van der Waals surface area contributed by atoms with E-state index in [-0.39, 0.29) is 16.5 Å². The molecule has 0 spiro atoms. The van der Waals surface area contributed by atoms with Crippen molar-refractivity contribution in [3.05, 3.63) is 81.8 Å². The van der Waals surface area contributed by atoms with Gasteiger partial charge in [0, 0.05) is 15.7 Å². The summed E-state index contributed by atoms with van der Waals surface area (Å²) in [6.07, 6.45) is 0. The molecule has 0 saturated carbocycles. The molecule has 3 rings (SSSR count). The van der Waals surface area contributed by atoms with Gasteiger partial charge in [0.15, 0.2) is 0 Å². The number of carbonyl (C=O) groups is 1. The number of carbonyl (C=O) groups excluding carboxylic acids is 1. The molecule has 8 heteroatoms. The maximum atomic E-state index is 12.8. The lowest BCUT2D eigenvalue weighted by atomic mass is 10.1. The minimum Gasteiger partial charge on any atom is -0.495 e. The van der Waals surface area contributed by atoms with E-state index in [0.29, 0.717) is 17.0 Å². The summed E-state index contributed by atoms with van der Waals surface area (Å²) in [5.41, 5.74) is 3.23. The first-order valence-electron chi connectivity index (χ1n) is 9.04. The predicted molar refractivity (Wildman–Crippen MR) is 122 cm³/mol. The number of sulfonamides is 1. The molecule has 0 aliphatic heterocycles. The third-order valence-electron chi connectivity index (χ3n) is 4.59. The molecule has 0 unspecified atom stereocenters. The van der Waals surface area contributed by atoms with Gasteiger partial charge in [-0.3, -0.25) is 9.52 Å². The summed E-state index contributed by atoms with van der Waals surface area (Å²) >= 11 is 3.31. The van der Waals surface area contributed by atoms with Crippen LogP contribution < -0.4 is 14.8 Å². The van der Waals surface area contributed by atoms with Crippen molar-refractivity contribution in [2.75, 3.05) is 17.1 Å². The minimum absolute atomic E-state index is 0.00149. The van der Waals surface area contributed by atoms with E-state index in [9.17, 15) is 13.2 Å². The molecule has 1 amide bonds. The molecule has 0 bridgehead atoms. The van der Waals surface area contributed by atoms with Gasteiger partial charge in [0.05, 0.1) is 17.7 Å². The Bertz CT molecular complexity index is 1190. The lowest BCUT2D eigenvalue weighted by Crippen LogP contribution is -2.16. The number of aryl methyl sites for hydroxylation is 2. The van der Waals surface area contributed by atoms with Crippen molar-refractivity contribution in [3.63, 3.8) is 0 Å². The monoisotopic (exact) mass is 488 g/mol. The first-order chi connectivity index (χ1) is 14.2. The van der Waals surface area contributed by atoms with Crippen LogP contribution in [0.4, 0.5) is 11.4 Å². The average Bonchev–Trinajstić information content (AvgIpc) is 2.71. The molecule has 0 heterocycles. The molecule has 3 aromatic rings. The highest BCUT2D eigenvalue weighted by atomic mass is 79.9. The summed E-state index contributed by atoms with van der Waals surface area (Å²) < 4.78 is 34.3. The molecule has 3 aromatic carbocycles. The lowest BCUT2D eigenvalue weighted by Gasteiger charge is -2.14. The minimum atomic E-state index is -3.86. The summed E-state index contributed by atoms with van der Waals surface area (Å²) in [6.45, 7) is 3.89. The summed E-state index contributed by atoms with van der Waals surface area (Å²) in [5.74, 6) is 0.00147. The van der Waals surface area contributed by atoms with Crippen LogP contribution in [0.5, 0.6) is 5.75 Å². The summed E-state index contributed by atoms with van der Waals surface area (Å²) in [6, 6.07) is 16.4. The van der Waals surface area contributed by atoms with Crippen molar-refractivity contribution in [1.82, 2.24) is 0 Å². The van der Waals surface area contributed by atoms with Gasteiger partial charge >= 0.3 is 0 Å². The molecule has 6 nitrogen and oxygen atoms in total. The highest BCUT2D eigenvalue weighted by Crippen LogP contribution is 2.29. The van der Waals surface area contributed by atoms with Crippen molar-refractivity contribution in [2.24, 2.45) is 0 Å². The number of benzene rings is 3. The van der Waals surface area contributed by atoms with E-state index >= 15 is 0 Å². The number of rotatable bonds is 6. The molecule has 0 radical (unpaired) electrons. The largest absolute Gasteiger partial charge is 0.495 e. The molecule has 30 heavy (non-hydrogen) atoms. The molecule has 0 saturated heterocycles. The molecule has 0 atom stereocenters. The van der Waals surface area contributed by atoms with E-state index in [1.165, 1.54) is 25.3 Å². The molecular formula is C22H21BrN2O4S. The van der Waals surface area contributed by atoms with Gasteiger partial charge in [0.2, 0.25) is 0 Å². The van der Waals surface area contributed by atoms with Crippen LogP contribution in [0, 0.1) is 13.8 Å². The Labute approximate surface area is 184 Å². The van der Waals surface area contributed by atoms with Gasteiger partial charge in [-0.05, 0) is 79.6 Å². The number of halogens is 1. The van der Waals surface area contributed by atoms with Crippen LogP contribution in [0.1, 0.15) is 21.5 Å². The standard InChI is InChI=1S/C22H21BrN2O4S/c1-14-4-5-16(12-15(14)2)22(26)24-20-13-19(10-11-21(20)29-3)30(27,28)25-18-8-6-17(23)7-9-18/h4-13,25H,1-3H3,(H,24,26). The fourth-order valence-electron chi connectivity index (χ4n) is 2.76. The zero-order valence-electron chi connectivity index (χ0n) is 16.7. The first-order valence-corrected chi connectivity index (χ1v) is 11.3.